The number of ether oxygens (including phenoxy) is 4. The molecule has 0 amide bonds. The number of benzene rings is 2. The van der Waals surface area contributed by atoms with Gasteiger partial charge < -0.3 is 18.9 Å². The summed E-state index contributed by atoms with van der Waals surface area (Å²) in [6.45, 7) is 2.20. The average molecular weight is 411 g/mol. The summed E-state index contributed by atoms with van der Waals surface area (Å²) in [7, 11) is 5.04. The Bertz CT molecular complexity index is 1150. The van der Waals surface area contributed by atoms with Gasteiger partial charge in [0.15, 0.2) is 11.5 Å². The molecule has 0 saturated heterocycles. The zero-order chi connectivity index (χ0) is 20.4. The summed E-state index contributed by atoms with van der Waals surface area (Å²) in [5.41, 5.74) is 3.50. The van der Waals surface area contributed by atoms with Crippen LogP contribution in [-0.4, -0.2) is 38.4 Å². The lowest BCUT2D eigenvalue weighted by atomic mass is 10.1. The van der Waals surface area contributed by atoms with Crippen LogP contribution in [0.2, 0.25) is 0 Å². The van der Waals surface area contributed by atoms with Crippen LogP contribution in [-0.2, 0) is 0 Å². The second kappa shape index (κ2) is 8.00. The van der Waals surface area contributed by atoms with E-state index in [9.17, 15) is 0 Å². The molecular formula is C21H21N3O4S. The zero-order valence-electron chi connectivity index (χ0n) is 16.6. The third kappa shape index (κ3) is 3.58. The molecule has 7 nitrogen and oxygen atoms in total. The first-order valence-electron chi connectivity index (χ1n) is 8.96. The molecule has 29 heavy (non-hydrogen) atoms. The van der Waals surface area contributed by atoms with Crippen molar-refractivity contribution in [2.24, 2.45) is 10.1 Å². The first-order chi connectivity index (χ1) is 14.1. The van der Waals surface area contributed by atoms with Gasteiger partial charge in [0.05, 0.1) is 25.6 Å². The van der Waals surface area contributed by atoms with Crippen LogP contribution >= 0.6 is 11.3 Å². The number of methoxy groups -OCH3 is 2. The molecule has 1 aliphatic rings. The van der Waals surface area contributed by atoms with Gasteiger partial charge in [0.1, 0.15) is 11.5 Å². The molecule has 4 rings (SSSR count). The summed E-state index contributed by atoms with van der Waals surface area (Å²) in [6.07, 6.45) is 0. The molecule has 2 aromatic carbocycles. The van der Waals surface area contributed by atoms with Gasteiger partial charge in [-0.25, -0.2) is 4.68 Å². The Labute approximate surface area is 172 Å². The third-order valence-electron chi connectivity index (χ3n) is 4.60. The van der Waals surface area contributed by atoms with Crippen molar-refractivity contribution >= 4 is 17.0 Å². The van der Waals surface area contributed by atoms with E-state index in [-0.39, 0.29) is 6.79 Å². The van der Waals surface area contributed by atoms with Crippen molar-refractivity contribution in [2.75, 3.05) is 28.1 Å². The van der Waals surface area contributed by atoms with Gasteiger partial charge in [0.2, 0.25) is 11.6 Å². The summed E-state index contributed by atoms with van der Waals surface area (Å²) >= 11 is 1.51. The molecule has 2 heterocycles. The molecular weight excluding hydrogens is 390 g/mol. The van der Waals surface area contributed by atoms with E-state index in [1.807, 2.05) is 53.4 Å². The van der Waals surface area contributed by atoms with Gasteiger partial charge in [-0.15, -0.1) is 11.3 Å². The van der Waals surface area contributed by atoms with Gasteiger partial charge >= 0.3 is 0 Å². The van der Waals surface area contributed by atoms with E-state index >= 15 is 0 Å². The van der Waals surface area contributed by atoms with Gasteiger partial charge in [-0.2, -0.15) is 5.10 Å². The van der Waals surface area contributed by atoms with E-state index in [4.69, 9.17) is 24.0 Å². The molecule has 0 aliphatic carbocycles. The second-order valence-electron chi connectivity index (χ2n) is 6.26. The molecule has 0 N–H and O–H groups in total. The first-order valence-corrected chi connectivity index (χ1v) is 9.84. The predicted molar refractivity (Wildman–Crippen MR) is 113 cm³/mol. The quantitative estimate of drug-likeness (QED) is 0.600. The second-order valence-corrected chi connectivity index (χ2v) is 7.10. The molecule has 0 unspecified atom stereocenters. The Hall–Kier alpha value is -3.26. The summed E-state index contributed by atoms with van der Waals surface area (Å²) in [5, 5.41) is 6.86. The molecule has 0 bridgehead atoms. The third-order valence-corrected chi connectivity index (χ3v) is 5.51. The van der Waals surface area contributed by atoms with Gasteiger partial charge in [0, 0.05) is 23.6 Å². The topological polar surface area (TPSA) is 66.6 Å². The number of rotatable bonds is 5. The van der Waals surface area contributed by atoms with Crippen LogP contribution in [0.4, 0.5) is 0 Å². The molecule has 8 heteroatoms. The van der Waals surface area contributed by atoms with E-state index < -0.39 is 0 Å². The molecule has 0 spiro atoms. The summed E-state index contributed by atoms with van der Waals surface area (Å²) in [4.78, 5) is 5.15. The van der Waals surface area contributed by atoms with Crippen molar-refractivity contribution in [3.63, 3.8) is 0 Å². The van der Waals surface area contributed by atoms with Crippen LogP contribution in [0.3, 0.4) is 0 Å². The minimum absolute atomic E-state index is 0.243. The van der Waals surface area contributed by atoms with Crippen LogP contribution in [0.25, 0.3) is 11.3 Å². The largest absolute Gasteiger partial charge is 0.497 e. The van der Waals surface area contributed by atoms with Crippen LogP contribution < -0.4 is 23.7 Å². The maximum atomic E-state index is 5.56. The maximum absolute atomic E-state index is 5.56. The molecule has 0 atom stereocenters. The van der Waals surface area contributed by atoms with Crippen LogP contribution in [0.5, 0.6) is 23.0 Å². The maximum Gasteiger partial charge on any atom is 0.231 e. The number of fused-ring (bicyclic) bond motifs is 1. The van der Waals surface area contributed by atoms with Gasteiger partial charge in [-0.05, 0) is 43.3 Å². The van der Waals surface area contributed by atoms with Crippen molar-refractivity contribution in [1.29, 1.82) is 0 Å². The highest BCUT2D eigenvalue weighted by molar-refractivity contribution is 7.07. The van der Waals surface area contributed by atoms with Crippen molar-refractivity contribution in [1.82, 2.24) is 4.68 Å². The molecule has 3 aromatic rings. The Kier molecular flexibility index (Phi) is 5.26. The number of nitrogens with zero attached hydrogens (tertiary/aromatic N) is 3. The fourth-order valence-corrected chi connectivity index (χ4v) is 3.86. The summed E-state index contributed by atoms with van der Waals surface area (Å²) in [6, 6.07) is 11.5. The van der Waals surface area contributed by atoms with Gasteiger partial charge in [-0.3, -0.25) is 4.99 Å². The highest BCUT2D eigenvalue weighted by Crippen LogP contribution is 2.35. The molecule has 0 saturated carbocycles. The summed E-state index contributed by atoms with van der Waals surface area (Å²) < 4.78 is 23.7. The highest BCUT2D eigenvalue weighted by Gasteiger charge is 2.16. The zero-order valence-corrected chi connectivity index (χ0v) is 17.4. The Balaban J connectivity index is 1.83. The number of thiazole rings is 1. The van der Waals surface area contributed by atoms with E-state index in [0.717, 1.165) is 50.3 Å². The molecule has 0 fully saturated rings. The lowest BCUT2D eigenvalue weighted by Gasteiger charge is -2.11. The SMILES string of the molecule is CN=c1scc(-c2cc(OC)ccc2OC)n1/N=C(\C)c1ccc2c(c1)OCO2. The van der Waals surface area contributed by atoms with E-state index in [2.05, 4.69) is 4.99 Å². The van der Waals surface area contributed by atoms with Gasteiger partial charge in [-0.1, -0.05) is 0 Å². The molecule has 0 radical (unpaired) electrons. The normalized spacial score (nSPS) is 13.7. The monoisotopic (exact) mass is 411 g/mol. The lowest BCUT2D eigenvalue weighted by molar-refractivity contribution is 0.174. The molecule has 1 aliphatic heterocycles. The summed E-state index contributed by atoms with van der Waals surface area (Å²) in [5.74, 6) is 2.94. The minimum atomic E-state index is 0.243. The standard InChI is InChI=1S/C21H21N3O4S/c1-13(14-5-7-19-20(9-14)28-12-27-19)23-24-17(11-29-21(24)22-2)16-10-15(25-3)6-8-18(16)26-4/h5-11H,12H2,1-4H3/b22-21?,23-13+. The molecule has 1 aromatic heterocycles. The Morgan fingerprint density at radius 2 is 1.90 bits per heavy atom. The van der Waals surface area contributed by atoms with Crippen molar-refractivity contribution < 1.29 is 18.9 Å². The predicted octanol–water partition coefficient (Wildman–Crippen LogP) is 3.77. The minimum Gasteiger partial charge on any atom is -0.497 e. The average Bonchev–Trinajstić information content (AvgIpc) is 3.39. The number of hydrogen-bond donors (Lipinski definition) is 0. The van der Waals surface area contributed by atoms with Crippen molar-refractivity contribution in [3.8, 4) is 34.3 Å². The fourth-order valence-electron chi connectivity index (χ4n) is 3.08. The highest BCUT2D eigenvalue weighted by atomic mass is 32.1. The van der Waals surface area contributed by atoms with E-state index in [1.165, 1.54) is 11.3 Å². The lowest BCUT2D eigenvalue weighted by Crippen LogP contribution is -2.14. The van der Waals surface area contributed by atoms with Gasteiger partial charge in [0.25, 0.3) is 0 Å². The van der Waals surface area contributed by atoms with E-state index in [0.29, 0.717) is 0 Å². The fraction of sp³-hybridized carbons (Fsp3) is 0.238. The van der Waals surface area contributed by atoms with Crippen molar-refractivity contribution in [2.45, 2.75) is 6.92 Å². The Morgan fingerprint density at radius 1 is 1.07 bits per heavy atom. The van der Waals surface area contributed by atoms with Crippen molar-refractivity contribution in [3.05, 3.63) is 52.1 Å². The van der Waals surface area contributed by atoms with Crippen LogP contribution in [0.15, 0.2) is 51.9 Å². The molecule has 150 valence electrons. The smallest absolute Gasteiger partial charge is 0.231 e. The van der Waals surface area contributed by atoms with E-state index in [1.54, 1.807) is 21.3 Å². The first kappa shape index (κ1) is 19.1. The number of hydrogen-bond acceptors (Lipinski definition) is 7. The van der Waals surface area contributed by atoms with Crippen LogP contribution in [0.1, 0.15) is 12.5 Å². The Morgan fingerprint density at radius 3 is 2.66 bits per heavy atom. The van der Waals surface area contributed by atoms with Crippen LogP contribution in [0, 0.1) is 0 Å². The number of aromatic nitrogens is 1.